The van der Waals surface area contributed by atoms with Crippen LogP contribution in [0.3, 0.4) is 0 Å². The van der Waals surface area contributed by atoms with E-state index < -0.39 is 211 Å². The molecule has 3 heterocycles. The van der Waals surface area contributed by atoms with Gasteiger partial charge in [0.15, 0.2) is 0 Å². The van der Waals surface area contributed by atoms with Gasteiger partial charge in [-0.2, -0.15) is 0 Å². The molecule has 0 aliphatic carbocycles. The molecule has 0 saturated carbocycles. The molecule has 34 heteroatoms. The summed E-state index contributed by atoms with van der Waals surface area (Å²) in [7, 11) is 0. The summed E-state index contributed by atoms with van der Waals surface area (Å²) in [6, 6.07) is -19.0. The minimum atomic E-state index is -2.17. The lowest BCUT2D eigenvalue weighted by Crippen LogP contribution is -2.66. The number of hydrogen-bond donors (Lipinski definition) is 15. The number of nitrogens with two attached hydrogens (primary N) is 1. The largest absolute Gasteiger partial charge is 0.481 e. The monoisotopic (exact) mass is 1330 g/mol. The first kappa shape index (κ1) is 79.1. The van der Waals surface area contributed by atoms with Gasteiger partial charge in [0, 0.05) is 25.6 Å². The number of hydrogen-bond acceptors (Lipinski definition) is 18. The van der Waals surface area contributed by atoms with Crippen LogP contribution in [0.5, 0.6) is 0 Å². The van der Waals surface area contributed by atoms with Gasteiger partial charge in [0.05, 0.1) is 37.8 Å². The van der Waals surface area contributed by atoms with Crippen molar-refractivity contribution in [3.63, 3.8) is 0 Å². The average molecular weight is 1330 g/mol. The molecule has 3 aliphatic heterocycles. The number of carboxylic acids is 4. The van der Waals surface area contributed by atoms with E-state index in [2.05, 4.69) is 45.7 Å². The standard InChI is InChI=1S/C60H93N13O21/c1-30(2)19-14-12-10-8-9-11-13-15-22-40(74)64-37(27-46(82)83)53(86)71-50-34(7)63-54(87)39-21-18-24-73(39)58(91)47(31(3)4)69-57(90)49(33(6)61)67-41(75)28-42(76)68-52(85)36(26-45(80)81)65-43(77)29-62-51(84)35(25-44(78)79)66-56(89)48(32(5)60(93)94)70-55(88)38-20-16-17-23-72(38)59(50)92/h13,15,30-39,47-50H,8-12,14,16-29,61H2,1-7H3,(H,62,84)(H,63,87)(H,64,74)(H,65,77)(H,66,89)(H,67,75)(H,69,90)(H,70,88)(H,71,86)(H,78,79)(H,80,81)(H,82,83)(H,93,94)(H,68,76,85)/b15-13+/t32-,33+,34+,35-,36-,37-,38-,39-,47-,48+,49-,50-/m0/s1. The highest BCUT2D eigenvalue weighted by Crippen LogP contribution is 2.24. The third-order valence-corrected chi connectivity index (χ3v) is 15.9. The molecule has 13 amide bonds. The third-order valence-electron chi connectivity index (χ3n) is 15.9. The number of nitrogens with one attached hydrogen (secondary N) is 10. The highest BCUT2D eigenvalue weighted by molar-refractivity contribution is 6.08. The number of carboxylic acid groups (broad SMARTS) is 4. The van der Waals surface area contributed by atoms with E-state index in [1.54, 1.807) is 31.3 Å². The minimum absolute atomic E-state index is 0.000251. The molecule has 94 heavy (non-hydrogen) atoms. The maximum atomic E-state index is 15.2. The van der Waals surface area contributed by atoms with Crippen LogP contribution in [-0.2, 0) is 81.5 Å². The SMILES string of the molecule is CC(C)CCCCCCC/C=C/CC(=O)N[C@@H](CC(=O)O)C(=O)N[C@@H]1C(=O)N2CCCC[C@H]2C(=O)N[C@H]([C@H](C)C(=O)O)C(=O)N[C@@H](CC(=O)O)C(=O)NCC(=O)N[C@@H](CC(=O)O)C(=O)NC(=O)CC(=O)N[C@@H]([C@@H](C)N)C(=O)N[C@@H](C(C)C)C(=O)N2CCC[C@H]2C(=O)N[C@@H]1C. The summed E-state index contributed by atoms with van der Waals surface area (Å²) in [6.07, 6.45) is 5.69. The summed E-state index contributed by atoms with van der Waals surface area (Å²) in [5.74, 6) is -24.1. The lowest BCUT2D eigenvalue weighted by molar-refractivity contribution is -0.150. The predicted molar refractivity (Wildman–Crippen MR) is 329 cm³/mol. The zero-order valence-corrected chi connectivity index (χ0v) is 54.1. The molecule has 0 aromatic rings. The smallest absolute Gasteiger partial charge is 0.308 e. The second kappa shape index (κ2) is 38.8. The Morgan fingerprint density at radius 3 is 1.74 bits per heavy atom. The van der Waals surface area contributed by atoms with Crippen molar-refractivity contribution in [1.82, 2.24) is 63.0 Å². The lowest BCUT2D eigenvalue weighted by Gasteiger charge is -2.39. The van der Waals surface area contributed by atoms with Crippen molar-refractivity contribution in [2.45, 2.75) is 224 Å². The number of rotatable bonds is 23. The van der Waals surface area contributed by atoms with Crippen LogP contribution in [0.25, 0.3) is 0 Å². The Morgan fingerprint density at radius 2 is 1.15 bits per heavy atom. The van der Waals surface area contributed by atoms with E-state index in [0.29, 0.717) is 12.3 Å². The maximum Gasteiger partial charge on any atom is 0.308 e. The molecule has 0 radical (unpaired) electrons. The zero-order chi connectivity index (χ0) is 70.7. The molecule has 0 unspecified atom stereocenters. The van der Waals surface area contributed by atoms with Crippen LogP contribution in [0.4, 0.5) is 0 Å². The molecule has 0 aromatic heterocycles. The van der Waals surface area contributed by atoms with Gasteiger partial charge in [0.1, 0.15) is 60.8 Å². The molecule has 16 N–H and O–H groups in total. The fraction of sp³-hybridized carbons (Fsp3) is 0.683. The molecular formula is C60H93N13O21. The summed E-state index contributed by atoms with van der Waals surface area (Å²) < 4.78 is 0. The summed E-state index contributed by atoms with van der Waals surface area (Å²) in [6.45, 7) is 9.42. The van der Waals surface area contributed by atoms with Gasteiger partial charge >= 0.3 is 23.9 Å². The van der Waals surface area contributed by atoms with Gasteiger partial charge in [-0.15, -0.1) is 0 Å². The Bertz CT molecular complexity index is 2830. The van der Waals surface area contributed by atoms with Crippen LogP contribution in [0.15, 0.2) is 12.2 Å². The Hall–Kier alpha value is -9.11. The topological polar surface area (TPSA) is 524 Å². The highest BCUT2D eigenvalue weighted by atomic mass is 16.4. The summed E-state index contributed by atoms with van der Waals surface area (Å²) in [5, 5.41) is 61.6. The summed E-state index contributed by atoms with van der Waals surface area (Å²) >= 11 is 0. The molecule has 0 bridgehead atoms. The number of piperidine rings is 1. The molecule has 3 saturated heterocycles. The Labute approximate surface area is 543 Å². The first-order valence-corrected chi connectivity index (χ1v) is 31.5. The van der Waals surface area contributed by atoms with Gasteiger partial charge in [0.2, 0.25) is 76.8 Å². The van der Waals surface area contributed by atoms with Crippen LogP contribution < -0.4 is 58.9 Å². The lowest BCUT2D eigenvalue weighted by atomic mass is 9.96. The highest BCUT2D eigenvalue weighted by Gasteiger charge is 2.45. The van der Waals surface area contributed by atoms with Gasteiger partial charge < -0.3 is 83.8 Å². The molecule has 524 valence electrons. The Kier molecular flexibility index (Phi) is 32.7. The van der Waals surface area contributed by atoms with E-state index in [4.69, 9.17) is 5.73 Å². The van der Waals surface area contributed by atoms with Crippen molar-refractivity contribution in [3.05, 3.63) is 12.2 Å². The molecule has 0 aromatic carbocycles. The molecule has 34 nitrogen and oxygen atoms in total. The number of carbonyl (C=O) groups excluding carboxylic acids is 13. The van der Waals surface area contributed by atoms with Crippen LogP contribution in [0.1, 0.15) is 158 Å². The van der Waals surface area contributed by atoms with E-state index in [1.807, 2.05) is 16.0 Å². The van der Waals surface area contributed by atoms with Crippen LogP contribution in [0.2, 0.25) is 0 Å². The summed E-state index contributed by atoms with van der Waals surface area (Å²) in [4.78, 5) is 231. The van der Waals surface area contributed by atoms with Gasteiger partial charge in [-0.3, -0.25) is 86.8 Å². The molecular weight excluding hydrogens is 1240 g/mol. The van der Waals surface area contributed by atoms with Crippen molar-refractivity contribution in [3.8, 4) is 0 Å². The van der Waals surface area contributed by atoms with Crippen LogP contribution >= 0.6 is 0 Å². The van der Waals surface area contributed by atoms with Gasteiger partial charge in [-0.25, -0.2) is 0 Å². The number of imide groups is 1. The second-order valence-corrected chi connectivity index (χ2v) is 24.6. The number of carbonyl (C=O) groups is 17. The first-order chi connectivity index (χ1) is 44.1. The fourth-order valence-electron chi connectivity index (χ4n) is 10.7. The van der Waals surface area contributed by atoms with Crippen molar-refractivity contribution in [2.75, 3.05) is 19.6 Å². The fourth-order valence-corrected chi connectivity index (χ4v) is 10.7. The Balaban J connectivity index is 2.17. The molecule has 3 fully saturated rings. The second-order valence-electron chi connectivity index (χ2n) is 24.6. The summed E-state index contributed by atoms with van der Waals surface area (Å²) in [5.41, 5.74) is 6.09. The van der Waals surface area contributed by atoms with Gasteiger partial charge in [-0.05, 0) is 77.6 Å². The third kappa shape index (κ3) is 26.1. The van der Waals surface area contributed by atoms with Crippen molar-refractivity contribution >= 4 is 101 Å². The van der Waals surface area contributed by atoms with Gasteiger partial charge in [-0.1, -0.05) is 72.0 Å². The maximum absolute atomic E-state index is 15.2. The number of unbranched alkanes of at least 4 members (excludes halogenated alkanes) is 5. The number of amides is 13. The number of allylic oxidation sites excluding steroid dienone is 1. The van der Waals surface area contributed by atoms with Crippen molar-refractivity contribution < 1.29 is 102 Å². The number of nitrogens with zero attached hydrogens (tertiary/aromatic N) is 2. The zero-order valence-electron chi connectivity index (χ0n) is 54.1. The minimum Gasteiger partial charge on any atom is -0.481 e. The predicted octanol–water partition coefficient (Wildman–Crippen LogP) is -3.10. The number of fused-ring (bicyclic) bond motifs is 2. The Morgan fingerprint density at radius 1 is 0.585 bits per heavy atom. The number of aliphatic carboxylic acids is 4. The van der Waals surface area contributed by atoms with Gasteiger partial charge in [0.25, 0.3) is 0 Å². The van der Waals surface area contributed by atoms with Crippen LogP contribution in [0, 0.1) is 17.8 Å². The molecule has 12 atom stereocenters. The first-order valence-electron chi connectivity index (χ1n) is 31.5. The normalized spacial score (nSPS) is 25.0. The van der Waals surface area contributed by atoms with E-state index in [9.17, 15) is 97.1 Å². The van der Waals surface area contributed by atoms with E-state index in [1.165, 1.54) is 13.8 Å². The molecule has 3 aliphatic rings. The quantitative estimate of drug-likeness (QED) is 0.0209. The van der Waals surface area contributed by atoms with E-state index in [0.717, 1.165) is 55.2 Å². The average Bonchev–Trinajstić information content (AvgIpc) is 1.25. The van der Waals surface area contributed by atoms with E-state index >= 15 is 4.79 Å². The van der Waals surface area contributed by atoms with Crippen molar-refractivity contribution in [2.24, 2.45) is 23.5 Å². The van der Waals surface area contributed by atoms with E-state index in [-0.39, 0.29) is 51.6 Å². The molecule has 3 rings (SSSR count). The van der Waals surface area contributed by atoms with Crippen LogP contribution in [-0.4, -0.2) is 217 Å². The molecule has 0 spiro atoms. The van der Waals surface area contributed by atoms with Crippen molar-refractivity contribution in [1.29, 1.82) is 0 Å².